The number of carbonyl (C=O) groups is 1. The fraction of sp³-hybridized carbons (Fsp3) is 0.406. The van der Waals surface area contributed by atoms with Crippen LogP contribution in [0, 0.1) is 5.41 Å². The van der Waals surface area contributed by atoms with E-state index < -0.39 is 5.97 Å². The molecule has 38 heavy (non-hydrogen) atoms. The third-order valence-corrected chi connectivity index (χ3v) is 7.56. The summed E-state index contributed by atoms with van der Waals surface area (Å²) in [6.07, 6.45) is 6.10. The standard InChI is InChI=1S/C32H36O6/c1-2-32(21-36-22-32)20-35-15-5-3-4-6-16-37-27-9-11-28(12-10-27)38-31(34)23-7-13-29-24(17-23)18-25-19-26(33)8-14-30(25)29/h7-14,17,19,33H,2-6,15-16,18,20-22H2,1H3. The summed E-state index contributed by atoms with van der Waals surface area (Å²) in [5, 5.41) is 9.76. The molecule has 0 spiro atoms. The summed E-state index contributed by atoms with van der Waals surface area (Å²) in [7, 11) is 0. The summed E-state index contributed by atoms with van der Waals surface area (Å²) in [6.45, 7) is 6.16. The molecule has 0 unspecified atom stereocenters. The summed E-state index contributed by atoms with van der Waals surface area (Å²) in [5.41, 5.74) is 5.09. The Bertz CT molecular complexity index is 1240. The molecule has 0 bridgehead atoms. The number of benzene rings is 3. The minimum absolute atomic E-state index is 0.254. The Kier molecular flexibility index (Phi) is 8.30. The molecule has 0 atom stereocenters. The molecule has 3 aromatic rings. The third-order valence-electron chi connectivity index (χ3n) is 7.56. The van der Waals surface area contributed by atoms with Crippen LogP contribution in [0.15, 0.2) is 60.7 Å². The molecule has 6 nitrogen and oxygen atoms in total. The highest BCUT2D eigenvalue weighted by atomic mass is 16.5. The molecule has 1 saturated heterocycles. The van der Waals surface area contributed by atoms with Crippen molar-refractivity contribution in [2.24, 2.45) is 5.41 Å². The number of rotatable bonds is 13. The van der Waals surface area contributed by atoms with Gasteiger partial charge in [0.05, 0.1) is 32.0 Å². The van der Waals surface area contributed by atoms with Crippen molar-refractivity contribution in [1.82, 2.24) is 0 Å². The van der Waals surface area contributed by atoms with Gasteiger partial charge < -0.3 is 24.1 Å². The Morgan fingerprint density at radius 3 is 2.26 bits per heavy atom. The molecule has 2 aliphatic rings. The smallest absolute Gasteiger partial charge is 0.343 e. The first-order valence-corrected chi connectivity index (χ1v) is 13.6. The molecule has 0 aromatic heterocycles. The van der Waals surface area contributed by atoms with E-state index in [0.717, 1.165) is 86.5 Å². The second kappa shape index (κ2) is 12.0. The maximum Gasteiger partial charge on any atom is 0.343 e. The van der Waals surface area contributed by atoms with E-state index in [9.17, 15) is 9.90 Å². The number of phenolic OH excluding ortho intramolecular Hbond substituents is 1. The zero-order valence-corrected chi connectivity index (χ0v) is 22.0. The topological polar surface area (TPSA) is 74.2 Å². The Hall–Kier alpha value is -3.35. The van der Waals surface area contributed by atoms with Gasteiger partial charge in [0.2, 0.25) is 0 Å². The average Bonchev–Trinajstić information content (AvgIpc) is 3.26. The van der Waals surface area contributed by atoms with Crippen LogP contribution >= 0.6 is 0 Å². The number of hydrogen-bond acceptors (Lipinski definition) is 6. The molecule has 1 aliphatic carbocycles. The normalized spacial score (nSPS) is 14.9. The molecule has 0 amide bonds. The lowest BCUT2D eigenvalue weighted by Gasteiger charge is -2.40. The van der Waals surface area contributed by atoms with Crippen molar-refractivity contribution >= 4 is 5.97 Å². The van der Waals surface area contributed by atoms with Crippen LogP contribution in [0.1, 0.15) is 60.5 Å². The van der Waals surface area contributed by atoms with Crippen LogP contribution in [0.4, 0.5) is 0 Å². The van der Waals surface area contributed by atoms with Crippen molar-refractivity contribution in [3.8, 4) is 28.4 Å². The van der Waals surface area contributed by atoms with Gasteiger partial charge in [-0.1, -0.05) is 25.5 Å². The number of hydrogen-bond donors (Lipinski definition) is 1. The monoisotopic (exact) mass is 516 g/mol. The summed E-state index contributed by atoms with van der Waals surface area (Å²) < 4.78 is 22.6. The summed E-state index contributed by atoms with van der Waals surface area (Å²) >= 11 is 0. The van der Waals surface area contributed by atoms with E-state index in [1.165, 1.54) is 0 Å². The zero-order valence-electron chi connectivity index (χ0n) is 22.0. The van der Waals surface area contributed by atoms with Gasteiger partial charge in [-0.15, -0.1) is 0 Å². The first kappa shape index (κ1) is 26.3. The summed E-state index contributed by atoms with van der Waals surface area (Å²) in [4.78, 5) is 12.7. The number of fused-ring (bicyclic) bond motifs is 3. The number of phenols is 1. The average molecular weight is 517 g/mol. The van der Waals surface area contributed by atoms with E-state index in [4.69, 9.17) is 18.9 Å². The van der Waals surface area contributed by atoms with Gasteiger partial charge >= 0.3 is 5.97 Å². The maximum absolute atomic E-state index is 12.7. The van der Waals surface area contributed by atoms with Gasteiger partial charge in [-0.2, -0.15) is 0 Å². The maximum atomic E-state index is 12.7. The third kappa shape index (κ3) is 6.20. The van der Waals surface area contributed by atoms with Crippen molar-refractivity contribution in [2.75, 3.05) is 33.0 Å². The van der Waals surface area contributed by atoms with Gasteiger partial charge in [0.25, 0.3) is 0 Å². The van der Waals surface area contributed by atoms with Gasteiger partial charge in [-0.05, 0) is 103 Å². The summed E-state index contributed by atoms with van der Waals surface area (Å²) in [5.74, 6) is 1.11. The van der Waals surface area contributed by atoms with E-state index in [-0.39, 0.29) is 11.2 Å². The molecule has 0 radical (unpaired) electrons. The number of aromatic hydroxyl groups is 1. The van der Waals surface area contributed by atoms with Crippen LogP contribution in [0.3, 0.4) is 0 Å². The van der Waals surface area contributed by atoms with Crippen molar-refractivity contribution < 1.29 is 28.8 Å². The van der Waals surface area contributed by atoms with Gasteiger partial charge in [0, 0.05) is 12.0 Å². The first-order valence-electron chi connectivity index (χ1n) is 13.6. The van der Waals surface area contributed by atoms with Crippen LogP contribution in [-0.2, 0) is 15.9 Å². The zero-order chi connectivity index (χ0) is 26.4. The largest absolute Gasteiger partial charge is 0.508 e. The van der Waals surface area contributed by atoms with Crippen LogP contribution in [0.5, 0.6) is 17.2 Å². The fourth-order valence-corrected chi connectivity index (χ4v) is 5.01. The number of ether oxygens (including phenoxy) is 4. The van der Waals surface area contributed by atoms with E-state index >= 15 is 0 Å². The lowest BCUT2D eigenvalue weighted by molar-refractivity contribution is -0.150. The Morgan fingerprint density at radius 2 is 1.55 bits per heavy atom. The van der Waals surface area contributed by atoms with Crippen molar-refractivity contribution in [2.45, 2.75) is 45.4 Å². The van der Waals surface area contributed by atoms with Crippen molar-refractivity contribution in [1.29, 1.82) is 0 Å². The molecule has 5 rings (SSSR count). The highest BCUT2D eigenvalue weighted by molar-refractivity contribution is 5.93. The van der Waals surface area contributed by atoms with E-state index in [2.05, 4.69) is 6.92 Å². The van der Waals surface area contributed by atoms with E-state index in [1.54, 1.807) is 30.3 Å². The number of carbonyl (C=O) groups excluding carboxylic acids is 1. The highest BCUT2D eigenvalue weighted by Gasteiger charge is 2.36. The molecule has 3 aromatic carbocycles. The molecule has 200 valence electrons. The molecular formula is C32H36O6. The predicted molar refractivity (Wildman–Crippen MR) is 146 cm³/mol. The van der Waals surface area contributed by atoms with Crippen LogP contribution in [0.2, 0.25) is 0 Å². The number of esters is 1. The quantitative estimate of drug-likeness (QED) is 0.123. The molecule has 1 N–H and O–H groups in total. The molecule has 1 fully saturated rings. The summed E-state index contributed by atoms with van der Waals surface area (Å²) in [6, 6.07) is 18.2. The van der Waals surface area contributed by atoms with Crippen LogP contribution in [0.25, 0.3) is 11.1 Å². The van der Waals surface area contributed by atoms with Gasteiger partial charge in [-0.3, -0.25) is 0 Å². The highest BCUT2D eigenvalue weighted by Crippen LogP contribution is 2.38. The Morgan fingerprint density at radius 1 is 0.868 bits per heavy atom. The van der Waals surface area contributed by atoms with Gasteiger partial charge in [0.1, 0.15) is 17.2 Å². The lowest BCUT2D eigenvalue weighted by Crippen LogP contribution is -2.45. The minimum atomic E-state index is -0.393. The van der Waals surface area contributed by atoms with Crippen LogP contribution in [-0.4, -0.2) is 44.1 Å². The number of unbranched alkanes of at least 4 members (excludes halogenated alkanes) is 3. The lowest BCUT2D eigenvalue weighted by atomic mass is 9.84. The molecule has 1 heterocycles. The van der Waals surface area contributed by atoms with Gasteiger partial charge in [0.15, 0.2) is 0 Å². The molecule has 1 aliphatic heterocycles. The van der Waals surface area contributed by atoms with Crippen molar-refractivity contribution in [3.63, 3.8) is 0 Å². The molecule has 0 saturated carbocycles. The predicted octanol–water partition coefficient (Wildman–Crippen LogP) is 6.57. The van der Waals surface area contributed by atoms with E-state index in [0.29, 0.717) is 24.3 Å². The fourth-order valence-electron chi connectivity index (χ4n) is 5.01. The Labute approximate surface area is 224 Å². The SMILES string of the molecule is CCC1(COCCCCCCOc2ccc(OC(=O)c3ccc4c(c3)Cc3cc(O)ccc3-4)cc2)COC1. The van der Waals surface area contributed by atoms with Gasteiger partial charge in [-0.25, -0.2) is 4.79 Å². The first-order chi connectivity index (χ1) is 18.5. The second-order valence-corrected chi connectivity index (χ2v) is 10.4. The minimum Gasteiger partial charge on any atom is -0.508 e. The molecular weight excluding hydrogens is 480 g/mol. The van der Waals surface area contributed by atoms with Crippen LogP contribution < -0.4 is 9.47 Å². The second-order valence-electron chi connectivity index (χ2n) is 10.4. The Balaban J connectivity index is 0.996. The molecule has 6 heteroatoms. The van der Waals surface area contributed by atoms with E-state index in [1.807, 2.05) is 30.3 Å². The van der Waals surface area contributed by atoms with Crippen molar-refractivity contribution in [3.05, 3.63) is 77.4 Å².